The Balaban J connectivity index is 2.42. The number of hydrogen-bond acceptors (Lipinski definition) is 12. The van der Waals surface area contributed by atoms with E-state index < -0.39 is 57.1 Å². The van der Waals surface area contributed by atoms with E-state index in [4.69, 9.17) is 29.0 Å². The van der Waals surface area contributed by atoms with Crippen molar-refractivity contribution in [2.75, 3.05) is 26.4 Å². The largest absolute Gasteiger partial charge is 0.472 e. The summed E-state index contributed by atoms with van der Waals surface area (Å²) in [5.74, 6) is -1.35. The number of phosphoric acid groups is 1. The predicted molar refractivity (Wildman–Crippen MR) is 232 cm³/mol. The number of esters is 2. The second-order valence-corrected chi connectivity index (χ2v) is 17.2. The Labute approximate surface area is 356 Å². The lowest BCUT2D eigenvalue weighted by Gasteiger charge is -2.36. The molecule has 59 heavy (non-hydrogen) atoms. The van der Waals surface area contributed by atoms with Gasteiger partial charge in [0.1, 0.15) is 6.61 Å². The summed E-state index contributed by atoms with van der Waals surface area (Å²) < 4.78 is 38.5. The van der Waals surface area contributed by atoms with Crippen molar-refractivity contribution < 1.29 is 57.6 Å². The zero-order valence-corrected chi connectivity index (χ0v) is 37.4. The monoisotopic (exact) mass is 860 g/mol. The van der Waals surface area contributed by atoms with Crippen LogP contribution in [0.25, 0.3) is 0 Å². The second-order valence-electron chi connectivity index (χ2n) is 15.8. The molecular formula is C45H82NO12P. The maximum Gasteiger partial charge on any atom is 0.472 e. The van der Waals surface area contributed by atoms with Crippen molar-refractivity contribution in [1.82, 2.24) is 0 Å². The van der Waals surface area contributed by atoms with Crippen LogP contribution in [0.15, 0.2) is 36.5 Å². The molecule has 0 radical (unpaired) electrons. The van der Waals surface area contributed by atoms with Crippen LogP contribution in [0.2, 0.25) is 0 Å². The van der Waals surface area contributed by atoms with Crippen molar-refractivity contribution in [2.45, 2.75) is 205 Å². The molecule has 6 N–H and O–H groups in total. The highest BCUT2D eigenvalue weighted by Gasteiger charge is 2.35. The fourth-order valence-electron chi connectivity index (χ4n) is 6.79. The summed E-state index contributed by atoms with van der Waals surface area (Å²) in [6.07, 6.45) is 30.8. The number of hydrogen-bond donors (Lipinski definition) is 5. The van der Waals surface area contributed by atoms with Crippen molar-refractivity contribution >= 4 is 19.8 Å². The maximum absolute atomic E-state index is 12.7. The maximum atomic E-state index is 12.7. The Morgan fingerprint density at radius 3 is 2.00 bits per heavy atom. The molecule has 1 rings (SSSR count). The van der Waals surface area contributed by atoms with Crippen LogP contribution in [0.4, 0.5) is 0 Å². The van der Waals surface area contributed by atoms with Crippen molar-refractivity contribution in [3.63, 3.8) is 0 Å². The molecule has 0 saturated carbocycles. The van der Waals surface area contributed by atoms with E-state index in [1.807, 2.05) is 12.2 Å². The summed E-state index contributed by atoms with van der Waals surface area (Å²) in [4.78, 5) is 35.1. The van der Waals surface area contributed by atoms with Gasteiger partial charge in [-0.3, -0.25) is 18.6 Å². The lowest BCUT2D eigenvalue weighted by molar-refractivity contribution is -0.199. The minimum absolute atomic E-state index is 0.00841. The van der Waals surface area contributed by atoms with Gasteiger partial charge in [-0.2, -0.15) is 0 Å². The third kappa shape index (κ3) is 31.6. The lowest BCUT2D eigenvalue weighted by atomic mass is 9.87. The molecule has 0 aromatic heterocycles. The Kier molecular flexibility index (Phi) is 34.3. The van der Waals surface area contributed by atoms with E-state index in [0.29, 0.717) is 32.1 Å². The first-order chi connectivity index (χ1) is 28.5. The van der Waals surface area contributed by atoms with E-state index in [1.165, 1.54) is 64.2 Å². The number of carbonyl (C=O) groups is 2. The molecule has 0 aromatic rings. The highest BCUT2D eigenvalue weighted by molar-refractivity contribution is 7.47. The predicted octanol–water partition coefficient (Wildman–Crippen LogP) is 9.05. The zero-order chi connectivity index (χ0) is 43.4. The molecule has 0 spiro atoms. The molecule has 1 fully saturated rings. The smallest absolute Gasteiger partial charge is 0.462 e. The number of nitrogens with two attached hydrogens (primary N) is 1. The number of unbranched alkanes of at least 4 members (excludes halogenated alkanes) is 16. The number of aliphatic hydroxyl groups is 3. The van der Waals surface area contributed by atoms with E-state index in [-0.39, 0.29) is 44.9 Å². The second kappa shape index (κ2) is 36.7. The summed E-state index contributed by atoms with van der Waals surface area (Å²) in [6, 6.07) is 0. The highest BCUT2D eigenvalue weighted by Crippen LogP contribution is 2.43. The van der Waals surface area contributed by atoms with Crippen molar-refractivity contribution in [3.05, 3.63) is 36.5 Å². The highest BCUT2D eigenvalue weighted by atomic mass is 31.2. The Bertz CT molecular complexity index is 1180. The quantitative estimate of drug-likeness (QED) is 0.0170. The average molecular weight is 860 g/mol. The fraction of sp³-hybridized carbons (Fsp3) is 0.822. The minimum atomic E-state index is -4.46. The molecule has 0 aromatic carbocycles. The average Bonchev–Trinajstić information content (AvgIpc) is 3.20. The van der Waals surface area contributed by atoms with E-state index in [0.717, 1.165) is 44.9 Å². The van der Waals surface area contributed by atoms with Crippen molar-refractivity contribution in [3.8, 4) is 0 Å². The third-order valence-corrected chi connectivity index (χ3v) is 11.3. The van der Waals surface area contributed by atoms with Gasteiger partial charge in [-0.25, -0.2) is 4.57 Å². The normalized spacial score (nSPS) is 20.7. The van der Waals surface area contributed by atoms with Crippen LogP contribution < -0.4 is 5.73 Å². The standard InChI is InChI=1S/C45H82NO12P/c1-3-5-7-8-9-10-11-12-13-14-15-16-17-18-19-20-25-29-43(49)54-36-39(37-56-59(52,53)55-34-33-46)57-44(50)30-26-22-21-24-28-40-41(48)35-45(51)58-42(40)32-31-38(47)27-23-6-4-2/h12-13,21,24,31-32,38-42,45,47-48,51H,3-11,14-20,22-23,25-30,33-37,46H2,1-2H3,(H,52,53)/b13-12-,24-21-,32-31+/t38-,39+,40-,41-,42+,45?/m0/s1. The zero-order valence-electron chi connectivity index (χ0n) is 36.5. The molecule has 1 aliphatic heterocycles. The Hall–Kier alpha value is -1.93. The van der Waals surface area contributed by atoms with Gasteiger partial charge in [0.05, 0.1) is 31.5 Å². The molecule has 0 amide bonds. The van der Waals surface area contributed by atoms with Gasteiger partial charge in [-0.15, -0.1) is 0 Å². The third-order valence-electron chi connectivity index (χ3n) is 10.3. The number of aliphatic hydroxyl groups excluding tert-OH is 3. The minimum Gasteiger partial charge on any atom is -0.462 e. The SMILES string of the molecule is CCCCCCCC/C=C\CCCCCCCCCC(=O)OC[C@H](COP(=O)(O)OCCN)OC(=O)CCC/C=C\C[C@H]1[C@@H](O)CC(O)O[C@@H]1/C=C/[C@@H](O)CCCCC. The van der Waals surface area contributed by atoms with Crippen LogP contribution in [0.1, 0.15) is 174 Å². The van der Waals surface area contributed by atoms with Gasteiger partial charge < -0.3 is 40.2 Å². The lowest BCUT2D eigenvalue weighted by Crippen LogP contribution is -2.43. The van der Waals surface area contributed by atoms with Crippen LogP contribution >= 0.6 is 7.82 Å². The first-order valence-corrected chi connectivity index (χ1v) is 24.4. The Morgan fingerprint density at radius 2 is 1.34 bits per heavy atom. The van der Waals surface area contributed by atoms with Gasteiger partial charge in [0.25, 0.3) is 0 Å². The molecule has 13 nitrogen and oxygen atoms in total. The van der Waals surface area contributed by atoms with E-state index in [2.05, 4.69) is 26.0 Å². The van der Waals surface area contributed by atoms with Gasteiger partial charge in [-0.05, 0) is 57.8 Å². The number of rotatable bonds is 38. The number of ether oxygens (including phenoxy) is 3. The number of carbonyl (C=O) groups excluding carboxylic acids is 2. The van der Waals surface area contributed by atoms with Gasteiger partial charge in [-0.1, -0.05) is 134 Å². The van der Waals surface area contributed by atoms with Crippen LogP contribution in [0.5, 0.6) is 0 Å². The van der Waals surface area contributed by atoms with Gasteiger partial charge in [0.15, 0.2) is 12.4 Å². The topological polar surface area (TPSA) is 204 Å². The summed E-state index contributed by atoms with van der Waals surface area (Å²) >= 11 is 0. The van der Waals surface area contributed by atoms with Gasteiger partial charge in [0.2, 0.25) is 0 Å². The summed E-state index contributed by atoms with van der Waals surface area (Å²) in [5, 5.41) is 31.0. The molecular weight excluding hydrogens is 777 g/mol. The first-order valence-electron chi connectivity index (χ1n) is 22.9. The van der Waals surface area contributed by atoms with E-state index >= 15 is 0 Å². The molecule has 1 aliphatic rings. The molecule has 14 heteroatoms. The van der Waals surface area contributed by atoms with Crippen LogP contribution in [-0.4, -0.2) is 89.2 Å². The summed E-state index contributed by atoms with van der Waals surface area (Å²) in [6.45, 7) is 3.30. The van der Waals surface area contributed by atoms with Crippen molar-refractivity contribution in [2.24, 2.45) is 11.7 Å². The first kappa shape index (κ1) is 55.1. The van der Waals surface area contributed by atoms with Gasteiger partial charge in [0, 0.05) is 31.7 Å². The van der Waals surface area contributed by atoms with Gasteiger partial charge >= 0.3 is 19.8 Å². The summed E-state index contributed by atoms with van der Waals surface area (Å²) in [5.41, 5.74) is 5.35. The van der Waals surface area contributed by atoms with Crippen LogP contribution in [0, 0.1) is 5.92 Å². The Morgan fingerprint density at radius 1 is 0.763 bits per heavy atom. The molecule has 2 unspecified atom stereocenters. The number of phosphoric ester groups is 1. The number of allylic oxidation sites excluding steroid dienone is 4. The molecule has 0 bridgehead atoms. The molecule has 7 atom stereocenters. The van der Waals surface area contributed by atoms with E-state index in [9.17, 15) is 34.4 Å². The molecule has 1 heterocycles. The summed E-state index contributed by atoms with van der Waals surface area (Å²) in [7, 11) is -4.46. The van der Waals surface area contributed by atoms with E-state index in [1.54, 1.807) is 12.2 Å². The molecule has 0 aliphatic carbocycles. The molecule has 1 saturated heterocycles. The fourth-order valence-corrected chi connectivity index (χ4v) is 7.55. The van der Waals surface area contributed by atoms with Crippen molar-refractivity contribution in [1.29, 1.82) is 0 Å². The van der Waals surface area contributed by atoms with Crippen LogP contribution in [-0.2, 0) is 37.4 Å². The molecule has 344 valence electrons. The van der Waals surface area contributed by atoms with Crippen LogP contribution in [0.3, 0.4) is 0 Å².